The zero-order chi connectivity index (χ0) is 16.9. The molecule has 0 unspecified atom stereocenters. The Morgan fingerprint density at radius 1 is 1.33 bits per heavy atom. The molecule has 1 atom stereocenters. The van der Waals surface area contributed by atoms with Crippen molar-refractivity contribution in [1.29, 1.82) is 0 Å². The van der Waals surface area contributed by atoms with Crippen molar-refractivity contribution < 1.29 is 24.1 Å². The number of ether oxygens (including phenoxy) is 3. The molecule has 0 saturated carbocycles. The topological polar surface area (TPSA) is 89.4 Å². The molecule has 2 aromatic rings. The minimum absolute atomic E-state index is 0.00611. The van der Waals surface area contributed by atoms with Gasteiger partial charge in [-0.25, -0.2) is 5.43 Å². The van der Waals surface area contributed by atoms with Crippen molar-refractivity contribution in [2.24, 2.45) is 5.10 Å². The van der Waals surface area contributed by atoms with E-state index >= 15 is 0 Å². The lowest BCUT2D eigenvalue weighted by Crippen LogP contribution is -2.42. The number of methoxy groups -OCH3 is 1. The van der Waals surface area contributed by atoms with Gasteiger partial charge in [-0.3, -0.25) is 4.79 Å². The van der Waals surface area contributed by atoms with E-state index in [4.69, 9.17) is 14.2 Å². The number of phenolic OH excluding ortho intramolecular Hbond substituents is 1. The van der Waals surface area contributed by atoms with Crippen LogP contribution in [0.3, 0.4) is 0 Å². The smallest absolute Gasteiger partial charge is 0.284 e. The summed E-state index contributed by atoms with van der Waals surface area (Å²) >= 11 is 0. The first-order valence-electron chi connectivity index (χ1n) is 7.26. The third-order valence-electron chi connectivity index (χ3n) is 3.39. The third-order valence-corrected chi connectivity index (χ3v) is 3.39. The molecule has 0 fully saturated rings. The first-order valence-corrected chi connectivity index (χ1v) is 7.26. The van der Waals surface area contributed by atoms with Gasteiger partial charge >= 0.3 is 0 Å². The molecule has 0 spiro atoms. The van der Waals surface area contributed by atoms with Crippen molar-refractivity contribution in [1.82, 2.24) is 5.43 Å². The van der Waals surface area contributed by atoms with Crippen LogP contribution in [0.5, 0.6) is 23.0 Å². The summed E-state index contributed by atoms with van der Waals surface area (Å²) in [6.07, 6.45) is 0.635. The number of nitrogens with zero attached hydrogens (tertiary/aromatic N) is 1. The molecule has 0 bridgehead atoms. The van der Waals surface area contributed by atoms with Crippen LogP contribution >= 0.6 is 0 Å². The highest BCUT2D eigenvalue weighted by Gasteiger charge is 2.26. The predicted molar refractivity (Wildman–Crippen MR) is 86.7 cm³/mol. The molecule has 0 aromatic heterocycles. The minimum Gasteiger partial charge on any atom is -0.504 e. The van der Waals surface area contributed by atoms with Gasteiger partial charge in [0.15, 0.2) is 23.0 Å². The van der Waals surface area contributed by atoms with E-state index in [9.17, 15) is 9.90 Å². The molecule has 3 rings (SSSR count). The summed E-state index contributed by atoms with van der Waals surface area (Å²) in [4.78, 5) is 12.1. The van der Waals surface area contributed by atoms with Crippen LogP contribution in [0.15, 0.2) is 47.6 Å². The first kappa shape index (κ1) is 15.7. The van der Waals surface area contributed by atoms with Gasteiger partial charge in [-0.2, -0.15) is 5.10 Å². The number of hydrazone groups is 1. The molecule has 0 radical (unpaired) electrons. The fourth-order valence-corrected chi connectivity index (χ4v) is 2.18. The first-order chi connectivity index (χ1) is 11.7. The highest BCUT2D eigenvalue weighted by Crippen LogP contribution is 2.30. The van der Waals surface area contributed by atoms with Crippen LogP contribution in [0.4, 0.5) is 0 Å². The number of aromatic hydroxyl groups is 1. The Morgan fingerprint density at radius 2 is 2.12 bits per heavy atom. The number of fused-ring (bicyclic) bond motifs is 1. The average molecular weight is 328 g/mol. The Hall–Kier alpha value is -3.22. The van der Waals surface area contributed by atoms with Crippen LogP contribution in [-0.2, 0) is 4.79 Å². The van der Waals surface area contributed by atoms with E-state index in [0.717, 1.165) is 0 Å². The summed E-state index contributed by atoms with van der Waals surface area (Å²) in [7, 11) is 1.47. The van der Waals surface area contributed by atoms with E-state index in [0.29, 0.717) is 22.8 Å². The van der Waals surface area contributed by atoms with E-state index in [2.05, 4.69) is 10.5 Å². The normalized spacial score (nSPS) is 16.0. The van der Waals surface area contributed by atoms with Crippen LogP contribution in [0.1, 0.15) is 5.56 Å². The number of benzene rings is 2. The Bertz CT molecular complexity index is 775. The molecule has 1 amide bonds. The van der Waals surface area contributed by atoms with Gasteiger partial charge in [0.05, 0.1) is 13.3 Å². The van der Waals surface area contributed by atoms with E-state index < -0.39 is 12.0 Å². The quantitative estimate of drug-likeness (QED) is 0.658. The maximum Gasteiger partial charge on any atom is 0.284 e. The minimum atomic E-state index is -0.777. The Balaban J connectivity index is 1.59. The molecular weight excluding hydrogens is 312 g/mol. The molecule has 2 N–H and O–H groups in total. The van der Waals surface area contributed by atoms with Crippen LogP contribution in [-0.4, -0.2) is 37.0 Å². The molecule has 1 aliphatic heterocycles. The van der Waals surface area contributed by atoms with E-state index in [1.54, 1.807) is 30.3 Å². The van der Waals surface area contributed by atoms with Crippen LogP contribution in [0, 0.1) is 0 Å². The summed E-state index contributed by atoms with van der Waals surface area (Å²) in [6.45, 7) is 0.113. The van der Waals surface area contributed by atoms with Crippen molar-refractivity contribution >= 4 is 12.1 Å². The maximum absolute atomic E-state index is 12.1. The number of hydrogen-bond acceptors (Lipinski definition) is 6. The number of rotatable bonds is 4. The lowest BCUT2D eigenvalue weighted by Gasteiger charge is -2.24. The van der Waals surface area contributed by atoms with Crippen molar-refractivity contribution in [3.8, 4) is 23.0 Å². The van der Waals surface area contributed by atoms with Gasteiger partial charge in [0.2, 0.25) is 6.10 Å². The van der Waals surface area contributed by atoms with Gasteiger partial charge < -0.3 is 19.3 Å². The standard InChI is InChI=1S/C17H16N2O5/c1-22-13-7-6-11(8-12(13)20)9-18-19-17(21)16-10-23-14-4-2-3-5-15(14)24-16/h2-9,16,20H,10H2,1H3,(H,19,21)/b18-9-/t16-/m0/s1. The lowest BCUT2D eigenvalue weighted by atomic mass is 10.2. The highest BCUT2D eigenvalue weighted by molar-refractivity contribution is 5.85. The number of carbonyl (C=O) groups is 1. The molecule has 24 heavy (non-hydrogen) atoms. The van der Waals surface area contributed by atoms with Gasteiger partial charge in [0, 0.05) is 0 Å². The van der Waals surface area contributed by atoms with Crippen LogP contribution in [0.2, 0.25) is 0 Å². The average Bonchev–Trinajstić information content (AvgIpc) is 2.61. The predicted octanol–water partition coefficient (Wildman–Crippen LogP) is 1.69. The number of para-hydroxylation sites is 2. The number of nitrogens with one attached hydrogen (secondary N) is 1. The lowest BCUT2D eigenvalue weighted by molar-refractivity contribution is -0.130. The van der Waals surface area contributed by atoms with Crippen LogP contribution < -0.4 is 19.6 Å². The monoisotopic (exact) mass is 328 g/mol. The summed E-state index contributed by atoms with van der Waals surface area (Å²) < 4.78 is 16.0. The Labute approximate surface area is 138 Å². The maximum atomic E-state index is 12.1. The van der Waals surface area contributed by atoms with Crippen molar-refractivity contribution in [3.05, 3.63) is 48.0 Å². The van der Waals surface area contributed by atoms with Gasteiger partial charge in [0.1, 0.15) is 6.61 Å². The summed E-state index contributed by atoms with van der Waals surface area (Å²) in [6, 6.07) is 11.9. The summed E-state index contributed by atoms with van der Waals surface area (Å²) in [5, 5.41) is 13.5. The second-order valence-corrected chi connectivity index (χ2v) is 5.03. The molecule has 124 valence electrons. The highest BCUT2D eigenvalue weighted by atomic mass is 16.6. The zero-order valence-electron chi connectivity index (χ0n) is 12.9. The number of hydrogen-bond donors (Lipinski definition) is 2. The Kier molecular flexibility index (Phi) is 4.51. The molecule has 0 aliphatic carbocycles. The third kappa shape index (κ3) is 3.40. The molecule has 2 aromatic carbocycles. The van der Waals surface area contributed by atoms with Gasteiger partial charge in [-0.05, 0) is 35.9 Å². The van der Waals surface area contributed by atoms with Crippen LogP contribution in [0.25, 0.3) is 0 Å². The van der Waals surface area contributed by atoms with E-state index in [1.807, 2.05) is 6.07 Å². The fraction of sp³-hybridized carbons (Fsp3) is 0.176. The number of phenols is 1. The molecule has 1 aliphatic rings. The molecule has 1 heterocycles. The molecule has 0 saturated heterocycles. The summed E-state index contributed by atoms with van der Waals surface area (Å²) in [5.41, 5.74) is 3.00. The van der Waals surface area contributed by atoms with Gasteiger partial charge in [0.25, 0.3) is 5.91 Å². The second-order valence-electron chi connectivity index (χ2n) is 5.03. The number of amides is 1. The molecular formula is C17H16N2O5. The Morgan fingerprint density at radius 3 is 2.88 bits per heavy atom. The zero-order valence-corrected chi connectivity index (χ0v) is 12.9. The fourth-order valence-electron chi connectivity index (χ4n) is 2.18. The van der Waals surface area contributed by atoms with Crippen molar-refractivity contribution in [2.45, 2.75) is 6.10 Å². The molecule has 7 nitrogen and oxygen atoms in total. The van der Waals surface area contributed by atoms with E-state index in [1.165, 1.54) is 19.4 Å². The molecule has 7 heteroatoms. The SMILES string of the molecule is COc1ccc(/C=N\NC(=O)[C@@H]2COc3ccccc3O2)cc1O. The second kappa shape index (κ2) is 6.91. The summed E-state index contributed by atoms with van der Waals surface area (Å²) in [5.74, 6) is 1.07. The van der Waals surface area contributed by atoms with Crippen molar-refractivity contribution in [2.75, 3.05) is 13.7 Å². The van der Waals surface area contributed by atoms with Gasteiger partial charge in [-0.15, -0.1) is 0 Å². The van der Waals surface area contributed by atoms with E-state index in [-0.39, 0.29) is 12.4 Å². The number of carbonyl (C=O) groups excluding carboxylic acids is 1. The van der Waals surface area contributed by atoms with Gasteiger partial charge in [-0.1, -0.05) is 12.1 Å². The van der Waals surface area contributed by atoms with Crippen molar-refractivity contribution in [3.63, 3.8) is 0 Å². The largest absolute Gasteiger partial charge is 0.504 e.